The van der Waals surface area contributed by atoms with Crippen LogP contribution < -0.4 is 5.32 Å². The van der Waals surface area contributed by atoms with E-state index in [0.29, 0.717) is 33.0 Å². The standard InChI is InChI=1S/C24H49NO4/c1-3-4-5-6-7-8-9-10-11-12-13-14-15-16-17-21-29-24(26)25-19-18-20-28-23-22-27-2/h3-23H2,1-2H3,(H,25,26). The summed E-state index contributed by atoms with van der Waals surface area (Å²) in [5, 5.41) is 2.75. The van der Waals surface area contributed by atoms with Crippen molar-refractivity contribution in [3.8, 4) is 0 Å². The lowest BCUT2D eigenvalue weighted by Crippen LogP contribution is -2.26. The summed E-state index contributed by atoms with van der Waals surface area (Å²) in [4.78, 5) is 11.5. The summed E-state index contributed by atoms with van der Waals surface area (Å²) >= 11 is 0. The molecular formula is C24H49NO4. The molecule has 0 saturated carbocycles. The summed E-state index contributed by atoms with van der Waals surface area (Å²) in [5.41, 5.74) is 0. The number of alkyl carbamates (subject to hydrolysis) is 1. The molecule has 29 heavy (non-hydrogen) atoms. The fourth-order valence-corrected chi connectivity index (χ4v) is 3.30. The molecule has 0 rings (SSSR count). The molecule has 0 aromatic carbocycles. The van der Waals surface area contributed by atoms with Crippen molar-refractivity contribution in [2.24, 2.45) is 0 Å². The van der Waals surface area contributed by atoms with Gasteiger partial charge in [0.15, 0.2) is 0 Å². The SMILES string of the molecule is CCCCCCCCCCCCCCCCCOC(=O)NCCCOCCOC. The van der Waals surface area contributed by atoms with E-state index in [1.807, 2.05) is 0 Å². The molecule has 174 valence electrons. The number of methoxy groups -OCH3 is 1. The molecule has 0 bridgehead atoms. The van der Waals surface area contributed by atoms with Gasteiger partial charge in [0.25, 0.3) is 0 Å². The van der Waals surface area contributed by atoms with Crippen molar-refractivity contribution in [3.63, 3.8) is 0 Å². The highest BCUT2D eigenvalue weighted by molar-refractivity contribution is 5.66. The number of carbonyl (C=O) groups is 1. The lowest BCUT2D eigenvalue weighted by molar-refractivity contribution is 0.0691. The maximum Gasteiger partial charge on any atom is 0.407 e. The number of ether oxygens (including phenoxy) is 3. The third-order valence-corrected chi connectivity index (χ3v) is 5.15. The number of carbonyl (C=O) groups excluding carboxylic acids is 1. The molecule has 5 nitrogen and oxygen atoms in total. The lowest BCUT2D eigenvalue weighted by atomic mass is 10.0. The number of nitrogens with one attached hydrogen (secondary N) is 1. The van der Waals surface area contributed by atoms with Gasteiger partial charge in [0.05, 0.1) is 19.8 Å². The normalized spacial score (nSPS) is 11.0. The van der Waals surface area contributed by atoms with Gasteiger partial charge in [-0.3, -0.25) is 0 Å². The Morgan fingerprint density at radius 3 is 1.66 bits per heavy atom. The van der Waals surface area contributed by atoms with Crippen LogP contribution in [0.15, 0.2) is 0 Å². The smallest absolute Gasteiger partial charge is 0.407 e. The Kier molecular flexibility index (Phi) is 24.5. The van der Waals surface area contributed by atoms with E-state index < -0.39 is 0 Å². The van der Waals surface area contributed by atoms with Crippen molar-refractivity contribution in [1.82, 2.24) is 5.32 Å². The average molecular weight is 416 g/mol. The predicted molar refractivity (Wildman–Crippen MR) is 122 cm³/mol. The van der Waals surface area contributed by atoms with Crippen LogP contribution in [-0.4, -0.2) is 46.2 Å². The predicted octanol–water partition coefficient (Wildman–Crippen LogP) is 6.64. The quantitative estimate of drug-likeness (QED) is 0.190. The Morgan fingerprint density at radius 1 is 0.621 bits per heavy atom. The van der Waals surface area contributed by atoms with Crippen LogP contribution in [0.5, 0.6) is 0 Å². The molecule has 0 saturated heterocycles. The number of amides is 1. The maximum atomic E-state index is 11.5. The molecule has 0 aromatic rings. The first kappa shape index (κ1) is 28.2. The Bertz CT molecular complexity index is 326. The number of hydrogen-bond acceptors (Lipinski definition) is 4. The molecule has 0 fully saturated rings. The molecule has 0 atom stereocenters. The van der Waals surface area contributed by atoms with E-state index in [1.165, 1.54) is 83.5 Å². The molecule has 0 radical (unpaired) electrons. The van der Waals surface area contributed by atoms with Crippen molar-refractivity contribution in [3.05, 3.63) is 0 Å². The second-order valence-corrected chi connectivity index (χ2v) is 7.97. The van der Waals surface area contributed by atoms with Crippen molar-refractivity contribution in [2.45, 2.75) is 110 Å². The fraction of sp³-hybridized carbons (Fsp3) is 0.958. The second kappa shape index (κ2) is 25.2. The van der Waals surface area contributed by atoms with Crippen LogP contribution in [0.3, 0.4) is 0 Å². The van der Waals surface area contributed by atoms with Crippen LogP contribution in [0.25, 0.3) is 0 Å². The summed E-state index contributed by atoms with van der Waals surface area (Å²) in [6, 6.07) is 0. The van der Waals surface area contributed by atoms with Gasteiger partial charge in [-0.25, -0.2) is 4.79 Å². The minimum absolute atomic E-state index is 0.313. The zero-order chi connectivity index (χ0) is 21.3. The maximum absolute atomic E-state index is 11.5. The second-order valence-electron chi connectivity index (χ2n) is 7.97. The van der Waals surface area contributed by atoms with Gasteiger partial charge in [-0.05, 0) is 12.8 Å². The minimum atomic E-state index is -0.313. The van der Waals surface area contributed by atoms with Gasteiger partial charge in [-0.1, -0.05) is 96.8 Å². The van der Waals surface area contributed by atoms with Gasteiger partial charge in [0.2, 0.25) is 0 Å². The molecule has 0 heterocycles. The monoisotopic (exact) mass is 415 g/mol. The molecule has 1 amide bonds. The third kappa shape index (κ3) is 25.2. The summed E-state index contributed by atoms with van der Waals surface area (Å²) in [7, 11) is 1.65. The fourth-order valence-electron chi connectivity index (χ4n) is 3.30. The van der Waals surface area contributed by atoms with E-state index in [1.54, 1.807) is 7.11 Å². The number of rotatable bonds is 23. The highest BCUT2D eigenvalue weighted by Crippen LogP contribution is 2.13. The van der Waals surface area contributed by atoms with Gasteiger partial charge < -0.3 is 19.5 Å². The zero-order valence-electron chi connectivity index (χ0n) is 19.5. The molecule has 0 aliphatic heterocycles. The van der Waals surface area contributed by atoms with Crippen molar-refractivity contribution >= 4 is 6.09 Å². The first-order valence-corrected chi connectivity index (χ1v) is 12.3. The summed E-state index contributed by atoms with van der Waals surface area (Å²) in [5.74, 6) is 0. The highest BCUT2D eigenvalue weighted by atomic mass is 16.5. The van der Waals surface area contributed by atoms with Gasteiger partial charge in [-0.2, -0.15) is 0 Å². The largest absolute Gasteiger partial charge is 0.450 e. The van der Waals surface area contributed by atoms with Crippen molar-refractivity contribution in [2.75, 3.05) is 40.1 Å². The molecule has 0 spiro atoms. The highest BCUT2D eigenvalue weighted by Gasteiger charge is 2.01. The minimum Gasteiger partial charge on any atom is -0.450 e. The van der Waals surface area contributed by atoms with Crippen LogP contribution >= 0.6 is 0 Å². The molecule has 0 aliphatic rings. The summed E-state index contributed by atoms with van der Waals surface area (Å²) < 4.78 is 15.4. The van der Waals surface area contributed by atoms with E-state index in [-0.39, 0.29) is 6.09 Å². The molecule has 5 heteroatoms. The van der Waals surface area contributed by atoms with E-state index in [2.05, 4.69) is 12.2 Å². The summed E-state index contributed by atoms with van der Waals surface area (Å²) in [6.45, 7) is 5.22. The average Bonchev–Trinajstić information content (AvgIpc) is 2.72. The van der Waals surface area contributed by atoms with E-state index in [4.69, 9.17) is 14.2 Å². The molecular weight excluding hydrogens is 366 g/mol. The van der Waals surface area contributed by atoms with Crippen LogP contribution in [0.1, 0.15) is 110 Å². The van der Waals surface area contributed by atoms with Gasteiger partial charge in [-0.15, -0.1) is 0 Å². The first-order valence-electron chi connectivity index (χ1n) is 12.3. The van der Waals surface area contributed by atoms with Crippen LogP contribution in [0.2, 0.25) is 0 Å². The molecule has 0 unspecified atom stereocenters. The number of hydrogen-bond donors (Lipinski definition) is 1. The Morgan fingerprint density at radius 2 is 1.14 bits per heavy atom. The Hall–Kier alpha value is -0.810. The zero-order valence-corrected chi connectivity index (χ0v) is 19.5. The number of unbranched alkanes of at least 4 members (excludes halogenated alkanes) is 14. The van der Waals surface area contributed by atoms with Crippen molar-refractivity contribution < 1.29 is 19.0 Å². The van der Waals surface area contributed by atoms with Gasteiger partial charge in [0.1, 0.15) is 0 Å². The van der Waals surface area contributed by atoms with E-state index in [0.717, 1.165) is 19.3 Å². The Labute approximate surface area is 180 Å². The van der Waals surface area contributed by atoms with Gasteiger partial charge >= 0.3 is 6.09 Å². The van der Waals surface area contributed by atoms with Crippen molar-refractivity contribution in [1.29, 1.82) is 0 Å². The van der Waals surface area contributed by atoms with E-state index >= 15 is 0 Å². The third-order valence-electron chi connectivity index (χ3n) is 5.15. The summed E-state index contributed by atoms with van der Waals surface area (Å²) in [6.07, 6.45) is 20.6. The topological polar surface area (TPSA) is 56.8 Å². The van der Waals surface area contributed by atoms with Gasteiger partial charge in [0, 0.05) is 20.3 Å². The van der Waals surface area contributed by atoms with Crippen LogP contribution in [0, 0.1) is 0 Å². The first-order chi connectivity index (χ1) is 14.3. The molecule has 0 aromatic heterocycles. The Balaban J connectivity index is 3.11. The van der Waals surface area contributed by atoms with Crippen LogP contribution in [-0.2, 0) is 14.2 Å². The van der Waals surface area contributed by atoms with E-state index in [9.17, 15) is 4.79 Å². The van der Waals surface area contributed by atoms with Crippen LogP contribution in [0.4, 0.5) is 4.79 Å². The lowest BCUT2D eigenvalue weighted by Gasteiger charge is -2.07. The molecule has 0 aliphatic carbocycles. The molecule has 1 N–H and O–H groups in total.